The zero-order valence-corrected chi connectivity index (χ0v) is 11.7. The van der Waals surface area contributed by atoms with Gasteiger partial charge in [-0.2, -0.15) is 0 Å². The van der Waals surface area contributed by atoms with Crippen molar-refractivity contribution in [2.45, 2.75) is 26.4 Å². The lowest BCUT2D eigenvalue weighted by Crippen LogP contribution is -2.19. The average Bonchev–Trinajstić information content (AvgIpc) is 2.45. The average molecular weight is 256 g/mol. The van der Waals surface area contributed by atoms with Crippen molar-refractivity contribution in [3.05, 3.63) is 59.3 Å². The highest BCUT2D eigenvalue weighted by Gasteiger charge is 2.09. The van der Waals surface area contributed by atoms with E-state index in [0.29, 0.717) is 11.9 Å². The summed E-state index contributed by atoms with van der Waals surface area (Å²) in [4.78, 5) is 4.20. The number of pyridine rings is 1. The van der Waals surface area contributed by atoms with Crippen LogP contribution >= 0.6 is 0 Å². The summed E-state index contributed by atoms with van der Waals surface area (Å²) >= 11 is 0. The molecule has 0 aliphatic rings. The monoisotopic (exact) mass is 256 g/mol. The van der Waals surface area contributed by atoms with Gasteiger partial charge < -0.3 is 10.1 Å². The lowest BCUT2D eigenvalue weighted by atomic mass is 10.0. The number of ether oxygens (including phenoxy) is 1. The molecule has 1 atom stereocenters. The highest BCUT2D eigenvalue weighted by molar-refractivity contribution is 5.29. The van der Waals surface area contributed by atoms with Crippen LogP contribution in [-0.2, 0) is 6.54 Å². The van der Waals surface area contributed by atoms with Crippen molar-refractivity contribution >= 4 is 0 Å². The number of methoxy groups -OCH3 is 1. The molecule has 1 aromatic heterocycles. The molecule has 3 heteroatoms. The second kappa shape index (κ2) is 6.34. The normalized spacial score (nSPS) is 12.2. The van der Waals surface area contributed by atoms with E-state index in [1.165, 1.54) is 11.1 Å². The van der Waals surface area contributed by atoms with E-state index in [1.807, 2.05) is 12.1 Å². The molecule has 100 valence electrons. The van der Waals surface area contributed by atoms with E-state index in [4.69, 9.17) is 4.74 Å². The highest BCUT2D eigenvalue weighted by atomic mass is 16.5. The van der Waals surface area contributed by atoms with Crippen molar-refractivity contribution in [1.82, 2.24) is 10.3 Å². The number of hydrogen-bond donors (Lipinski definition) is 1. The number of hydrogen-bond acceptors (Lipinski definition) is 3. The fourth-order valence-electron chi connectivity index (χ4n) is 2.19. The molecule has 0 radical (unpaired) electrons. The van der Waals surface area contributed by atoms with Gasteiger partial charge in [-0.25, -0.2) is 4.98 Å². The fraction of sp³-hybridized carbons (Fsp3) is 0.312. The Bertz CT molecular complexity index is 540. The minimum atomic E-state index is 0.297. The molecule has 0 spiro atoms. The van der Waals surface area contributed by atoms with E-state index >= 15 is 0 Å². The predicted molar refractivity (Wildman–Crippen MR) is 77.2 cm³/mol. The van der Waals surface area contributed by atoms with Crippen LogP contribution in [0.25, 0.3) is 0 Å². The Labute approximate surface area is 114 Å². The highest BCUT2D eigenvalue weighted by Crippen LogP contribution is 2.19. The first-order valence-electron chi connectivity index (χ1n) is 6.49. The van der Waals surface area contributed by atoms with Crippen LogP contribution in [0.4, 0.5) is 0 Å². The lowest BCUT2D eigenvalue weighted by Gasteiger charge is -2.17. The summed E-state index contributed by atoms with van der Waals surface area (Å²) in [5, 5.41) is 3.51. The van der Waals surface area contributed by atoms with Gasteiger partial charge >= 0.3 is 0 Å². The zero-order chi connectivity index (χ0) is 13.7. The van der Waals surface area contributed by atoms with Crippen molar-refractivity contribution in [3.8, 4) is 5.88 Å². The Kier molecular flexibility index (Phi) is 4.53. The number of aryl methyl sites for hydroxylation is 1. The van der Waals surface area contributed by atoms with Crippen molar-refractivity contribution in [2.24, 2.45) is 0 Å². The number of benzene rings is 1. The molecule has 1 heterocycles. The summed E-state index contributed by atoms with van der Waals surface area (Å²) in [5.41, 5.74) is 3.71. The minimum Gasteiger partial charge on any atom is -0.481 e. The summed E-state index contributed by atoms with van der Waals surface area (Å²) in [6, 6.07) is 12.7. The maximum atomic E-state index is 5.26. The molecule has 19 heavy (non-hydrogen) atoms. The first-order chi connectivity index (χ1) is 9.22. The third kappa shape index (κ3) is 3.32. The van der Waals surface area contributed by atoms with Crippen LogP contribution in [0, 0.1) is 6.92 Å². The van der Waals surface area contributed by atoms with Gasteiger partial charge in [0.1, 0.15) is 0 Å². The van der Waals surface area contributed by atoms with Gasteiger partial charge in [-0.05, 0) is 31.0 Å². The number of nitrogens with zero attached hydrogens (tertiary/aromatic N) is 1. The molecular formula is C16H20N2O. The number of aromatic nitrogens is 1. The van der Waals surface area contributed by atoms with Crippen LogP contribution < -0.4 is 10.1 Å². The van der Waals surface area contributed by atoms with Gasteiger partial charge in [-0.15, -0.1) is 0 Å². The molecular weight excluding hydrogens is 236 g/mol. The van der Waals surface area contributed by atoms with Crippen LogP contribution in [-0.4, -0.2) is 12.1 Å². The Morgan fingerprint density at radius 3 is 2.74 bits per heavy atom. The molecule has 1 aromatic carbocycles. The summed E-state index contributed by atoms with van der Waals surface area (Å²) in [6.07, 6.45) is 1.74. The zero-order valence-electron chi connectivity index (χ0n) is 11.7. The lowest BCUT2D eigenvalue weighted by molar-refractivity contribution is 0.389. The molecule has 3 nitrogen and oxygen atoms in total. The summed E-state index contributed by atoms with van der Waals surface area (Å²) in [5.74, 6) is 0.687. The van der Waals surface area contributed by atoms with E-state index in [-0.39, 0.29) is 0 Å². The third-order valence-corrected chi connectivity index (χ3v) is 3.30. The number of nitrogens with one attached hydrogen (secondary N) is 1. The van der Waals surface area contributed by atoms with E-state index in [0.717, 1.165) is 12.1 Å². The maximum absolute atomic E-state index is 5.26. The SMILES string of the molecule is COc1ncccc1CNC(C)c1ccccc1C. The summed E-state index contributed by atoms with van der Waals surface area (Å²) in [6.45, 7) is 5.05. The van der Waals surface area contributed by atoms with Gasteiger partial charge in [0.2, 0.25) is 5.88 Å². The van der Waals surface area contributed by atoms with Crippen molar-refractivity contribution in [3.63, 3.8) is 0 Å². The molecule has 0 saturated heterocycles. The van der Waals surface area contributed by atoms with Gasteiger partial charge in [0, 0.05) is 24.3 Å². The smallest absolute Gasteiger partial charge is 0.217 e. The topological polar surface area (TPSA) is 34.1 Å². The largest absolute Gasteiger partial charge is 0.481 e. The molecule has 2 rings (SSSR count). The van der Waals surface area contributed by atoms with Crippen LogP contribution in [0.2, 0.25) is 0 Å². The Morgan fingerprint density at radius 1 is 1.21 bits per heavy atom. The molecule has 0 bridgehead atoms. The van der Waals surface area contributed by atoms with E-state index < -0.39 is 0 Å². The third-order valence-electron chi connectivity index (χ3n) is 3.30. The second-order valence-corrected chi connectivity index (χ2v) is 4.63. The molecule has 0 saturated carbocycles. The molecule has 0 aliphatic heterocycles. The molecule has 1 unspecified atom stereocenters. The van der Waals surface area contributed by atoms with Crippen LogP contribution in [0.15, 0.2) is 42.6 Å². The van der Waals surface area contributed by atoms with Gasteiger partial charge in [-0.1, -0.05) is 30.3 Å². The molecule has 2 aromatic rings. The van der Waals surface area contributed by atoms with Crippen LogP contribution in [0.5, 0.6) is 5.88 Å². The van der Waals surface area contributed by atoms with Gasteiger partial charge in [0.25, 0.3) is 0 Å². The molecule has 0 fully saturated rings. The van der Waals surface area contributed by atoms with E-state index in [1.54, 1.807) is 13.3 Å². The molecule has 1 N–H and O–H groups in total. The minimum absolute atomic E-state index is 0.297. The summed E-state index contributed by atoms with van der Waals surface area (Å²) < 4.78 is 5.26. The Balaban J connectivity index is 2.04. The quantitative estimate of drug-likeness (QED) is 0.891. The van der Waals surface area contributed by atoms with Crippen molar-refractivity contribution < 1.29 is 4.74 Å². The Morgan fingerprint density at radius 2 is 2.00 bits per heavy atom. The molecule has 0 amide bonds. The van der Waals surface area contributed by atoms with E-state index in [9.17, 15) is 0 Å². The fourth-order valence-corrected chi connectivity index (χ4v) is 2.19. The predicted octanol–water partition coefficient (Wildman–Crippen LogP) is 3.25. The van der Waals surface area contributed by atoms with Gasteiger partial charge in [0.05, 0.1) is 7.11 Å². The first kappa shape index (κ1) is 13.6. The van der Waals surface area contributed by atoms with E-state index in [2.05, 4.69) is 48.4 Å². The second-order valence-electron chi connectivity index (χ2n) is 4.63. The maximum Gasteiger partial charge on any atom is 0.217 e. The standard InChI is InChI=1S/C16H20N2O/c1-12-7-4-5-9-15(12)13(2)18-11-14-8-6-10-17-16(14)19-3/h4-10,13,18H,11H2,1-3H3. The van der Waals surface area contributed by atoms with Crippen molar-refractivity contribution in [1.29, 1.82) is 0 Å². The van der Waals surface area contributed by atoms with Crippen LogP contribution in [0.1, 0.15) is 29.7 Å². The van der Waals surface area contributed by atoms with Crippen molar-refractivity contribution in [2.75, 3.05) is 7.11 Å². The Hall–Kier alpha value is -1.87. The summed E-state index contributed by atoms with van der Waals surface area (Å²) in [7, 11) is 1.65. The van der Waals surface area contributed by atoms with Gasteiger partial charge in [0.15, 0.2) is 0 Å². The number of rotatable bonds is 5. The van der Waals surface area contributed by atoms with Gasteiger partial charge in [-0.3, -0.25) is 0 Å². The molecule has 0 aliphatic carbocycles. The van der Waals surface area contributed by atoms with Crippen LogP contribution in [0.3, 0.4) is 0 Å². The first-order valence-corrected chi connectivity index (χ1v) is 6.49.